The summed E-state index contributed by atoms with van der Waals surface area (Å²) >= 11 is 1.35. The first-order valence-corrected chi connectivity index (χ1v) is 11.7. The predicted molar refractivity (Wildman–Crippen MR) is 124 cm³/mol. The molecule has 0 saturated heterocycles. The minimum absolute atomic E-state index is 0.150. The number of benzene rings is 1. The van der Waals surface area contributed by atoms with Gasteiger partial charge in [-0.25, -0.2) is 0 Å². The second-order valence-corrected chi connectivity index (χ2v) is 9.48. The van der Waals surface area contributed by atoms with Crippen molar-refractivity contribution in [2.24, 2.45) is 0 Å². The molecule has 0 radical (unpaired) electrons. The first-order valence-electron chi connectivity index (χ1n) is 10.8. The zero-order valence-electron chi connectivity index (χ0n) is 18.3. The van der Waals surface area contributed by atoms with Gasteiger partial charge in [0.15, 0.2) is 11.0 Å². The van der Waals surface area contributed by atoms with Crippen LogP contribution in [0.4, 0.5) is 0 Å². The number of hydrogen-bond donors (Lipinski definition) is 1. The third kappa shape index (κ3) is 4.53. The van der Waals surface area contributed by atoms with Crippen LogP contribution in [0.1, 0.15) is 44.6 Å². The van der Waals surface area contributed by atoms with E-state index in [9.17, 15) is 10.1 Å². The molecule has 0 unspecified atom stereocenters. The Hall–Kier alpha value is -3.18. The standard InChI is InChI=1S/C24H26N6OS/c1-17-8-4-5-9-20(17)30-21(19-10-14-26-15-11-19)28-29-23(30)32-18(2)22(31)27-24(16-25)12-6-3-7-13-24/h4-5,8-11,14-15,18H,3,6-7,12-13H2,1-2H3,(H,27,31)/t18-/m1/s1. The number of aromatic nitrogens is 4. The van der Waals surface area contributed by atoms with E-state index >= 15 is 0 Å². The molecule has 8 heteroatoms. The maximum atomic E-state index is 13.0. The van der Waals surface area contributed by atoms with E-state index in [4.69, 9.17) is 0 Å². The molecule has 1 fully saturated rings. The summed E-state index contributed by atoms with van der Waals surface area (Å²) in [6, 6.07) is 14.2. The largest absolute Gasteiger partial charge is 0.337 e. The van der Waals surface area contributed by atoms with Crippen LogP contribution in [0.2, 0.25) is 0 Å². The molecule has 1 aromatic carbocycles. The van der Waals surface area contributed by atoms with Crippen molar-refractivity contribution in [2.45, 2.75) is 61.9 Å². The maximum Gasteiger partial charge on any atom is 0.234 e. The molecule has 1 amide bonds. The van der Waals surface area contributed by atoms with Gasteiger partial charge >= 0.3 is 0 Å². The smallest absolute Gasteiger partial charge is 0.234 e. The minimum Gasteiger partial charge on any atom is -0.337 e. The van der Waals surface area contributed by atoms with E-state index in [1.165, 1.54) is 11.8 Å². The first-order chi connectivity index (χ1) is 15.5. The molecule has 2 heterocycles. The average Bonchev–Trinajstić information content (AvgIpc) is 3.23. The molecular weight excluding hydrogens is 420 g/mol. The summed E-state index contributed by atoms with van der Waals surface area (Å²) in [7, 11) is 0. The number of thioether (sulfide) groups is 1. The van der Waals surface area contributed by atoms with Gasteiger partial charge < -0.3 is 5.32 Å². The lowest BCUT2D eigenvalue weighted by Crippen LogP contribution is -2.50. The van der Waals surface area contributed by atoms with Crippen LogP contribution in [0.15, 0.2) is 53.9 Å². The van der Waals surface area contributed by atoms with Gasteiger partial charge in [-0.1, -0.05) is 49.2 Å². The lowest BCUT2D eigenvalue weighted by molar-refractivity contribution is -0.121. The van der Waals surface area contributed by atoms with Crippen LogP contribution in [0.25, 0.3) is 17.1 Å². The summed E-state index contributed by atoms with van der Waals surface area (Å²) in [5, 5.41) is 21.8. The molecule has 32 heavy (non-hydrogen) atoms. The van der Waals surface area contributed by atoms with Crippen LogP contribution < -0.4 is 5.32 Å². The number of aryl methyl sites for hydroxylation is 1. The summed E-state index contributed by atoms with van der Waals surface area (Å²) in [5.41, 5.74) is 2.17. The zero-order valence-corrected chi connectivity index (χ0v) is 19.1. The fourth-order valence-corrected chi connectivity index (χ4v) is 4.90. The van der Waals surface area contributed by atoms with Gasteiger partial charge in [0.05, 0.1) is 17.0 Å². The van der Waals surface area contributed by atoms with Crippen molar-refractivity contribution in [1.29, 1.82) is 5.26 Å². The fourth-order valence-electron chi connectivity index (χ4n) is 4.03. The summed E-state index contributed by atoms with van der Waals surface area (Å²) in [5.74, 6) is 0.542. The Bertz CT molecular complexity index is 1130. The van der Waals surface area contributed by atoms with E-state index in [-0.39, 0.29) is 5.91 Å². The molecule has 1 aliphatic rings. The van der Waals surface area contributed by atoms with Crippen LogP contribution in [-0.4, -0.2) is 36.4 Å². The molecule has 3 aromatic rings. The fraction of sp³-hybridized carbons (Fsp3) is 0.375. The van der Waals surface area contributed by atoms with Crippen molar-refractivity contribution in [3.63, 3.8) is 0 Å². The normalized spacial score (nSPS) is 16.2. The second kappa shape index (κ2) is 9.53. The molecule has 0 bridgehead atoms. The Morgan fingerprint density at radius 2 is 1.88 bits per heavy atom. The lowest BCUT2D eigenvalue weighted by Gasteiger charge is -2.32. The Morgan fingerprint density at radius 1 is 1.16 bits per heavy atom. The number of amides is 1. The molecule has 2 aromatic heterocycles. The van der Waals surface area contributed by atoms with Crippen molar-refractivity contribution >= 4 is 17.7 Å². The molecule has 0 aliphatic heterocycles. The number of hydrogen-bond acceptors (Lipinski definition) is 6. The van der Waals surface area contributed by atoms with E-state index in [1.54, 1.807) is 12.4 Å². The highest BCUT2D eigenvalue weighted by molar-refractivity contribution is 8.00. The van der Waals surface area contributed by atoms with Crippen molar-refractivity contribution in [3.05, 3.63) is 54.4 Å². The van der Waals surface area contributed by atoms with Crippen LogP contribution in [0, 0.1) is 18.3 Å². The van der Waals surface area contributed by atoms with Crippen LogP contribution in [0.5, 0.6) is 0 Å². The topological polar surface area (TPSA) is 96.5 Å². The predicted octanol–water partition coefficient (Wildman–Crippen LogP) is 4.46. The summed E-state index contributed by atoms with van der Waals surface area (Å²) < 4.78 is 1.99. The van der Waals surface area contributed by atoms with Gasteiger partial charge in [-0.15, -0.1) is 10.2 Å². The van der Waals surface area contributed by atoms with Gasteiger partial charge in [0, 0.05) is 18.0 Å². The summed E-state index contributed by atoms with van der Waals surface area (Å²) in [4.78, 5) is 17.1. The number of rotatable bonds is 6. The molecule has 164 valence electrons. The molecule has 7 nitrogen and oxygen atoms in total. The van der Waals surface area contributed by atoms with Crippen molar-refractivity contribution in [1.82, 2.24) is 25.1 Å². The zero-order chi connectivity index (χ0) is 22.6. The van der Waals surface area contributed by atoms with E-state index in [2.05, 4.69) is 26.6 Å². The molecule has 1 atom stereocenters. The Balaban J connectivity index is 1.64. The number of para-hydroxylation sites is 1. The third-order valence-electron chi connectivity index (χ3n) is 5.86. The Kier molecular flexibility index (Phi) is 6.56. The Morgan fingerprint density at radius 3 is 2.56 bits per heavy atom. The second-order valence-electron chi connectivity index (χ2n) is 8.17. The molecular formula is C24H26N6OS. The SMILES string of the molecule is Cc1ccccc1-n1c(S[C@H](C)C(=O)NC2(C#N)CCCCC2)nnc1-c1ccncc1. The van der Waals surface area contributed by atoms with Gasteiger partial charge in [-0.3, -0.25) is 14.3 Å². The molecule has 1 N–H and O–H groups in total. The van der Waals surface area contributed by atoms with Crippen LogP contribution >= 0.6 is 11.8 Å². The molecule has 1 saturated carbocycles. The van der Waals surface area contributed by atoms with E-state index in [0.29, 0.717) is 23.8 Å². The van der Waals surface area contributed by atoms with Gasteiger partial charge in [-0.05, 0) is 50.5 Å². The molecule has 1 aliphatic carbocycles. The third-order valence-corrected chi connectivity index (χ3v) is 6.91. The minimum atomic E-state index is -0.754. The first kappa shape index (κ1) is 22.0. The highest BCUT2D eigenvalue weighted by atomic mass is 32.2. The van der Waals surface area contributed by atoms with Gasteiger partial charge in [-0.2, -0.15) is 5.26 Å². The Labute approximate surface area is 192 Å². The summed E-state index contributed by atoms with van der Waals surface area (Å²) in [6.07, 6.45) is 7.90. The van der Waals surface area contributed by atoms with Gasteiger partial charge in [0.1, 0.15) is 5.54 Å². The highest BCUT2D eigenvalue weighted by Gasteiger charge is 2.35. The lowest BCUT2D eigenvalue weighted by atomic mass is 9.83. The number of nitriles is 1. The maximum absolute atomic E-state index is 13.0. The van der Waals surface area contributed by atoms with Crippen molar-refractivity contribution in [3.8, 4) is 23.1 Å². The van der Waals surface area contributed by atoms with E-state index in [0.717, 1.165) is 36.1 Å². The van der Waals surface area contributed by atoms with E-state index in [1.807, 2.05) is 54.8 Å². The van der Waals surface area contributed by atoms with Gasteiger partial charge in [0.2, 0.25) is 5.91 Å². The van der Waals surface area contributed by atoms with E-state index < -0.39 is 10.8 Å². The quantitative estimate of drug-likeness (QED) is 0.562. The number of nitrogens with zero attached hydrogens (tertiary/aromatic N) is 5. The van der Waals surface area contributed by atoms with Crippen molar-refractivity contribution < 1.29 is 4.79 Å². The average molecular weight is 447 g/mol. The number of carbonyl (C=O) groups is 1. The highest BCUT2D eigenvalue weighted by Crippen LogP contribution is 2.32. The monoisotopic (exact) mass is 446 g/mol. The molecule has 4 rings (SSSR count). The number of nitrogens with one attached hydrogen (secondary N) is 1. The summed E-state index contributed by atoms with van der Waals surface area (Å²) in [6.45, 7) is 3.88. The molecule has 0 spiro atoms. The van der Waals surface area contributed by atoms with Crippen LogP contribution in [-0.2, 0) is 4.79 Å². The number of pyridine rings is 1. The van der Waals surface area contributed by atoms with Gasteiger partial charge in [0.25, 0.3) is 0 Å². The number of carbonyl (C=O) groups excluding carboxylic acids is 1. The van der Waals surface area contributed by atoms with Crippen molar-refractivity contribution in [2.75, 3.05) is 0 Å². The van der Waals surface area contributed by atoms with Crippen LogP contribution in [0.3, 0.4) is 0 Å².